The Labute approximate surface area is 181 Å². The maximum atomic E-state index is 14.7. The molecule has 1 aliphatic heterocycles. The molecule has 0 bridgehead atoms. The third-order valence-corrected chi connectivity index (χ3v) is 6.14. The molecule has 7 nitrogen and oxygen atoms in total. The number of H-pyrrole nitrogens is 1. The first-order valence-electron chi connectivity index (χ1n) is 9.48. The largest absolute Gasteiger partial charge is 0.355 e. The van der Waals surface area contributed by atoms with Crippen molar-refractivity contribution in [1.82, 2.24) is 30.6 Å². The first kappa shape index (κ1) is 19.1. The molecule has 2 aromatic carbocycles. The van der Waals surface area contributed by atoms with E-state index >= 15 is 0 Å². The first-order valence-corrected chi connectivity index (χ1v) is 10.2. The van der Waals surface area contributed by atoms with Gasteiger partial charge in [0.2, 0.25) is 0 Å². The summed E-state index contributed by atoms with van der Waals surface area (Å²) in [6.45, 7) is 1.45. The number of tetrazole rings is 1. The van der Waals surface area contributed by atoms with E-state index in [2.05, 4.69) is 35.5 Å². The number of anilines is 1. The Kier molecular flexibility index (Phi) is 4.96. The van der Waals surface area contributed by atoms with Crippen molar-refractivity contribution in [3.05, 3.63) is 58.3 Å². The van der Waals surface area contributed by atoms with Crippen molar-refractivity contribution in [3.63, 3.8) is 0 Å². The average molecular weight is 444 g/mol. The number of nitrogens with one attached hydrogen (secondary N) is 1. The molecule has 0 unspecified atom stereocenters. The number of benzene rings is 2. The quantitative estimate of drug-likeness (QED) is 0.496. The molecule has 1 N–H and O–H groups in total. The number of hydrogen-bond donors (Lipinski definition) is 1. The lowest BCUT2D eigenvalue weighted by Gasteiger charge is -2.33. The summed E-state index contributed by atoms with van der Waals surface area (Å²) >= 11 is 12.3. The van der Waals surface area contributed by atoms with E-state index in [1.807, 2.05) is 6.07 Å². The maximum absolute atomic E-state index is 14.7. The second-order valence-corrected chi connectivity index (χ2v) is 8.01. The highest BCUT2D eigenvalue weighted by Gasteiger charge is 2.27. The van der Waals surface area contributed by atoms with Gasteiger partial charge in [-0.1, -0.05) is 40.5 Å². The molecular weight excluding hydrogens is 428 g/mol. The molecule has 1 fully saturated rings. The summed E-state index contributed by atoms with van der Waals surface area (Å²) in [6.07, 6.45) is 3.28. The number of aromatic nitrogens is 6. The highest BCUT2D eigenvalue weighted by molar-refractivity contribution is 6.42. The zero-order valence-corrected chi connectivity index (χ0v) is 17.2. The van der Waals surface area contributed by atoms with Crippen LogP contribution in [0.3, 0.4) is 0 Å². The summed E-state index contributed by atoms with van der Waals surface area (Å²) in [5.74, 6) is 1.07. The van der Waals surface area contributed by atoms with Crippen LogP contribution in [0.25, 0.3) is 22.0 Å². The maximum Gasteiger partial charge on any atom is 0.179 e. The molecule has 4 aromatic rings. The van der Waals surface area contributed by atoms with Crippen LogP contribution in [0, 0.1) is 5.82 Å². The number of fused-ring (bicyclic) bond motifs is 1. The van der Waals surface area contributed by atoms with Gasteiger partial charge in [-0.3, -0.25) is 0 Å². The summed E-state index contributed by atoms with van der Waals surface area (Å²) < 4.78 is 14.7. The number of piperidine rings is 1. The highest BCUT2D eigenvalue weighted by atomic mass is 35.5. The van der Waals surface area contributed by atoms with Gasteiger partial charge in [-0.2, -0.15) is 5.21 Å². The Bertz CT molecular complexity index is 1220. The monoisotopic (exact) mass is 443 g/mol. The van der Waals surface area contributed by atoms with Crippen molar-refractivity contribution >= 4 is 39.9 Å². The Morgan fingerprint density at radius 1 is 1.10 bits per heavy atom. The Balaban J connectivity index is 1.65. The fourth-order valence-corrected chi connectivity index (χ4v) is 4.29. The predicted molar refractivity (Wildman–Crippen MR) is 113 cm³/mol. The van der Waals surface area contributed by atoms with Crippen molar-refractivity contribution in [2.45, 2.75) is 18.8 Å². The van der Waals surface area contributed by atoms with Gasteiger partial charge >= 0.3 is 0 Å². The van der Waals surface area contributed by atoms with Gasteiger partial charge in [0.15, 0.2) is 5.82 Å². The van der Waals surface area contributed by atoms with Crippen LogP contribution in [0.15, 0.2) is 36.7 Å². The van der Waals surface area contributed by atoms with E-state index in [1.165, 1.54) is 12.4 Å². The molecule has 2 aromatic heterocycles. The van der Waals surface area contributed by atoms with Crippen LogP contribution in [0.1, 0.15) is 24.6 Å². The minimum atomic E-state index is -0.399. The van der Waals surface area contributed by atoms with E-state index in [4.69, 9.17) is 23.2 Å². The fourth-order valence-electron chi connectivity index (χ4n) is 3.99. The summed E-state index contributed by atoms with van der Waals surface area (Å²) in [4.78, 5) is 10.9. The van der Waals surface area contributed by atoms with E-state index in [9.17, 15) is 4.39 Å². The van der Waals surface area contributed by atoms with E-state index in [1.54, 1.807) is 18.2 Å². The smallest absolute Gasteiger partial charge is 0.179 e. The topological polar surface area (TPSA) is 83.5 Å². The molecule has 0 amide bonds. The van der Waals surface area contributed by atoms with Gasteiger partial charge in [-0.05, 0) is 42.2 Å². The molecule has 0 spiro atoms. The van der Waals surface area contributed by atoms with Crippen molar-refractivity contribution in [1.29, 1.82) is 0 Å². The predicted octanol–water partition coefficient (Wildman–Crippen LogP) is 4.64. The molecule has 0 radical (unpaired) electrons. The van der Waals surface area contributed by atoms with E-state index < -0.39 is 5.82 Å². The number of rotatable bonds is 3. The number of hydrogen-bond acceptors (Lipinski definition) is 6. The Hall–Kier alpha value is -2.84. The normalized spacial score (nSPS) is 16.9. The van der Waals surface area contributed by atoms with Crippen LogP contribution in [-0.2, 0) is 0 Å². The SMILES string of the molecule is Fc1ccc(-c2ccc(Cl)c(Cl)c2)c2c(N3CCC[C@H](c4nn[nH]n4)C3)ncnc12. The minimum absolute atomic E-state index is 0.115. The van der Waals surface area contributed by atoms with E-state index in [0.29, 0.717) is 33.6 Å². The van der Waals surface area contributed by atoms with Gasteiger partial charge in [0.1, 0.15) is 23.5 Å². The van der Waals surface area contributed by atoms with Crippen LogP contribution in [-0.4, -0.2) is 43.7 Å². The molecule has 1 aliphatic rings. The van der Waals surface area contributed by atoms with Gasteiger partial charge in [-0.25, -0.2) is 14.4 Å². The molecule has 3 heterocycles. The lowest BCUT2D eigenvalue weighted by molar-refractivity contribution is 0.489. The number of halogens is 3. The van der Waals surface area contributed by atoms with Crippen LogP contribution in [0.4, 0.5) is 10.2 Å². The molecule has 1 atom stereocenters. The summed E-state index contributed by atoms with van der Waals surface area (Å²) in [6, 6.07) is 8.49. The van der Waals surface area contributed by atoms with Gasteiger partial charge in [-0.15, -0.1) is 10.2 Å². The Morgan fingerprint density at radius 2 is 2.00 bits per heavy atom. The van der Waals surface area contributed by atoms with Gasteiger partial charge in [0.05, 0.1) is 15.4 Å². The fraction of sp³-hybridized carbons (Fsp3) is 0.250. The summed E-state index contributed by atoms with van der Waals surface area (Å²) in [7, 11) is 0. The summed E-state index contributed by atoms with van der Waals surface area (Å²) in [5, 5.41) is 16.0. The minimum Gasteiger partial charge on any atom is -0.355 e. The standard InChI is InChI=1S/C20H16Cl2FN7/c21-14-5-3-11(8-15(14)22)13-4-6-16(23)18-17(13)20(25-10-24-18)30-7-1-2-12(9-30)19-26-28-29-27-19/h3-6,8,10,12H,1-2,7,9H2,(H,26,27,28,29)/t12-/m0/s1. The third kappa shape index (κ3) is 3.36. The summed E-state index contributed by atoms with van der Waals surface area (Å²) in [5.41, 5.74) is 1.88. The molecule has 0 saturated carbocycles. The second-order valence-electron chi connectivity index (χ2n) is 7.20. The van der Waals surface area contributed by atoms with Crippen molar-refractivity contribution in [2.75, 3.05) is 18.0 Å². The van der Waals surface area contributed by atoms with Gasteiger partial charge < -0.3 is 4.90 Å². The molecule has 152 valence electrons. The van der Waals surface area contributed by atoms with Gasteiger partial charge in [0, 0.05) is 19.0 Å². The van der Waals surface area contributed by atoms with Gasteiger partial charge in [0.25, 0.3) is 0 Å². The third-order valence-electron chi connectivity index (χ3n) is 5.40. The van der Waals surface area contributed by atoms with Crippen molar-refractivity contribution < 1.29 is 4.39 Å². The first-order chi connectivity index (χ1) is 14.6. The molecule has 1 saturated heterocycles. The zero-order valence-electron chi connectivity index (χ0n) is 15.7. The van der Waals surface area contributed by atoms with Crippen LogP contribution in [0.5, 0.6) is 0 Å². The lowest BCUT2D eigenvalue weighted by Crippen LogP contribution is -2.35. The van der Waals surface area contributed by atoms with Crippen LogP contribution in [0.2, 0.25) is 10.0 Å². The second kappa shape index (κ2) is 7.77. The van der Waals surface area contributed by atoms with Crippen LogP contribution >= 0.6 is 23.2 Å². The zero-order chi connectivity index (χ0) is 20.7. The van der Waals surface area contributed by atoms with Crippen molar-refractivity contribution in [3.8, 4) is 11.1 Å². The van der Waals surface area contributed by atoms with Crippen LogP contribution < -0.4 is 4.90 Å². The number of aromatic amines is 1. The average Bonchev–Trinajstić information content (AvgIpc) is 3.31. The van der Waals surface area contributed by atoms with E-state index in [0.717, 1.165) is 30.5 Å². The van der Waals surface area contributed by atoms with E-state index in [-0.39, 0.29) is 11.4 Å². The molecule has 30 heavy (non-hydrogen) atoms. The molecule has 0 aliphatic carbocycles. The Morgan fingerprint density at radius 3 is 2.80 bits per heavy atom. The highest BCUT2D eigenvalue weighted by Crippen LogP contribution is 2.38. The number of nitrogens with zero attached hydrogens (tertiary/aromatic N) is 6. The molecular formula is C20H16Cl2FN7. The molecule has 5 rings (SSSR count). The molecule has 10 heteroatoms. The lowest BCUT2D eigenvalue weighted by atomic mass is 9.96. The van der Waals surface area contributed by atoms with Crippen molar-refractivity contribution in [2.24, 2.45) is 0 Å².